The highest BCUT2D eigenvalue weighted by Gasteiger charge is 2.21. The number of phosphoric acid groups is 1. The van der Waals surface area contributed by atoms with Gasteiger partial charge in [0.15, 0.2) is 6.10 Å². The van der Waals surface area contributed by atoms with Crippen molar-refractivity contribution in [3.63, 3.8) is 0 Å². The lowest BCUT2D eigenvalue weighted by Gasteiger charge is -2.28. The zero-order valence-corrected chi connectivity index (χ0v) is 39.8. The number of phosphoric ester groups is 1. The fourth-order valence-corrected chi connectivity index (χ4v) is 6.55. The van der Waals surface area contributed by atoms with Gasteiger partial charge in [-0.2, -0.15) is 0 Å². The van der Waals surface area contributed by atoms with Crippen LogP contribution in [0.2, 0.25) is 0 Å². The Labute approximate surface area is 372 Å². The maximum atomic E-state index is 12.7. The van der Waals surface area contributed by atoms with Crippen LogP contribution in [-0.4, -0.2) is 81.2 Å². The molecule has 2 unspecified atom stereocenters. The average Bonchev–Trinajstić information content (AvgIpc) is 3.21. The van der Waals surface area contributed by atoms with Crippen molar-refractivity contribution in [2.24, 2.45) is 0 Å². The Kier molecular flexibility index (Phi) is 39.3. The topological polar surface area (TPSA) is 131 Å². The van der Waals surface area contributed by atoms with Crippen LogP contribution in [0.25, 0.3) is 0 Å². The summed E-state index contributed by atoms with van der Waals surface area (Å²) in [5.74, 6) is -1.03. The van der Waals surface area contributed by atoms with Crippen molar-refractivity contribution in [3.8, 4) is 0 Å². The van der Waals surface area contributed by atoms with Gasteiger partial charge in [-0.05, 0) is 70.6 Å². The van der Waals surface area contributed by atoms with Crippen LogP contribution in [-0.2, 0) is 32.7 Å². The molecule has 3 atom stereocenters. The summed E-state index contributed by atoms with van der Waals surface area (Å²) < 4.78 is 33.8. The molecule has 0 aromatic rings. The van der Waals surface area contributed by atoms with Gasteiger partial charge in [-0.25, -0.2) is 0 Å². The molecule has 10 nitrogen and oxygen atoms in total. The Hall–Kier alpha value is -2.85. The van der Waals surface area contributed by atoms with E-state index in [1.165, 1.54) is 64.2 Å². The molecule has 0 aromatic heterocycles. The SMILES string of the molecule is CC/C=C\C/C=C\C/C=C\C/C=C\C=C/C(O)C/C=C\CCC(=O)O[C@H](COC(=O)CCCCCCCCC/C=C\CCCCCCCC)COP(=O)([O-])OCC[N+](C)(C)C. The summed E-state index contributed by atoms with van der Waals surface area (Å²) in [6, 6.07) is 0. The van der Waals surface area contributed by atoms with Crippen LogP contribution in [0.4, 0.5) is 0 Å². The first kappa shape index (κ1) is 58.1. The van der Waals surface area contributed by atoms with Crippen LogP contribution in [0, 0.1) is 0 Å². The van der Waals surface area contributed by atoms with Gasteiger partial charge in [0.2, 0.25) is 0 Å². The number of esters is 2. The van der Waals surface area contributed by atoms with Crippen LogP contribution in [0.5, 0.6) is 0 Å². The third kappa shape index (κ3) is 45.0. The van der Waals surface area contributed by atoms with Gasteiger partial charge in [-0.15, -0.1) is 0 Å². The fraction of sp³-hybridized carbons (Fsp3) is 0.680. The highest BCUT2D eigenvalue weighted by molar-refractivity contribution is 7.45. The molecule has 0 spiro atoms. The molecule has 0 heterocycles. The lowest BCUT2D eigenvalue weighted by molar-refractivity contribution is -0.870. The molecule has 0 radical (unpaired) electrons. The van der Waals surface area contributed by atoms with E-state index in [1.807, 2.05) is 39.4 Å². The van der Waals surface area contributed by atoms with E-state index >= 15 is 0 Å². The highest BCUT2D eigenvalue weighted by atomic mass is 31.2. The second-order valence-corrected chi connectivity index (χ2v) is 18.0. The van der Waals surface area contributed by atoms with Gasteiger partial charge in [0.1, 0.15) is 19.8 Å². The quantitative estimate of drug-likeness (QED) is 0.0159. The summed E-state index contributed by atoms with van der Waals surface area (Å²) in [5, 5.41) is 10.2. The van der Waals surface area contributed by atoms with Crippen LogP contribution >= 0.6 is 7.82 Å². The summed E-state index contributed by atoms with van der Waals surface area (Å²) in [6.45, 7) is 3.88. The molecule has 11 heteroatoms. The van der Waals surface area contributed by atoms with E-state index < -0.39 is 38.6 Å². The smallest absolute Gasteiger partial charge is 0.306 e. The molecule has 0 rings (SSSR count). The number of unbranched alkanes of at least 4 members (excludes halogenated alkanes) is 13. The molecule has 61 heavy (non-hydrogen) atoms. The number of carbonyl (C=O) groups excluding carboxylic acids is 2. The molecule has 0 saturated heterocycles. The molecule has 0 aliphatic heterocycles. The maximum absolute atomic E-state index is 12.7. The number of carbonyl (C=O) groups is 2. The van der Waals surface area contributed by atoms with E-state index in [9.17, 15) is 24.2 Å². The van der Waals surface area contributed by atoms with Gasteiger partial charge in [0.05, 0.1) is 33.9 Å². The van der Waals surface area contributed by atoms with Crippen molar-refractivity contribution < 1.29 is 47.2 Å². The number of hydrogen-bond donors (Lipinski definition) is 1. The lowest BCUT2D eigenvalue weighted by Crippen LogP contribution is -2.37. The van der Waals surface area contributed by atoms with Gasteiger partial charge in [-0.3, -0.25) is 14.2 Å². The Morgan fingerprint density at radius 3 is 1.79 bits per heavy atom. The minimum atomic E-state index is -4.68. The highest BCUT2D eigenvalue weighted by Crippen LogP contribution is 2.38. The van der Waals surface area contributed by atoms with Crippen molar-refractivity contribution in [3.05, 3.63) is 85.1 Å². The van der Waals surface area contributed by atoms with Gasteiger partial charge in [0, 0.05) is 12.8 Å². The average molecular weight is 876 g/mol. The van der Waals surface area contributed by atoms with E-state index in [0.29, 0.717) is 30.3 Å². The second-order valence-electron chi connectivity index (χ2n) is 16.6. The van der Waals surface area contributed by atoms with E-state index in [4.69, 9.17) is 18.5 Å². The Balaban J connectivity index is 4.56. The fourth-order valence-electron chi connectivity index (χ4n) is 5.82. The first-order chi connectivity index (χ1) is 29.4. The van der Waals surface area contributed by atoms with Gasteiger partial charge < -0.3 is 33.0 Å². The summed E-state index contributed by atoms with van der Waals surface area (Å²) in [4.78, 5) is 37.6. The summed E-state index contributed by atoms with van der Waals surface area (Å²) in [5.41, 5.74) is 0. The van der Waals surface area contributed by atoms with Crippen molar-refractivity contribution in [2.45, 2.75) is 174 Å². The third-order valence-corrected chi connectivity index (χ3v) is 10.5. The number of aliphatic hydroxyl groups is 1. The maximum Gasteiger partial charge on any atom is 0.306 e. The molecular weight excluding hydrogens is 790 g/mol. The van der Waals surface area contributed by atoms with E-state index in [0.717, 1.165) is 51.4 Å². The molecule has 0 bridgehead atoms. The van der Waals surface area contributed by atoms with Gasteiger partial charge >= 0.3 is 11.9 Å². The minimum absolute atomic E-state index is 0.0137. The van der Waals surface area contributed by atoms with Gasteiger partial charge in [0.25, 0.3) is 7.82 Å². The molecule has 0 saturated carbocycles. The van der Waals surface area contributed by atoms with Crippen LogP contribution < -0.4 is 4.89 Å². The van der Waals surface area contributed by atoms with Crippen LogP contribution in [0.3, 0.4) is 0 Å². The monoisotopic (exact) mass is 876 g/mol. The first-order valence-electron chi connectivity index (χ1n) is 23.4. The van der Waals surface area contributed by atoms with Crippen molar-refractivity contribution in [2.75, 3.05) is 47.5 Å². The number of quaternary nitrogens is 1. The predicted molar refractivity (Wildman–Crippen MR) is 251 cm³/mol. The van der Waals surface area contributed by atoms with Gasteiger partial charge in [-0.1, -0.05) is 163 Å². The van der Waals surface area contributed by atoms with Crippen molar-refractivity contribution in [1.29, 1.82) is 0 Å². The second kappa shape index (κ2) is 41.2. The zero-order valence-electron chi connectivity index (χ0n) is 38.9. The number of nitrogens with zero attached hydrogens (tertiary/aromatic N) is 1. The molecule has 1 N–H and O–H groups in total. The van der Waals surface area contributed by atoms with E-state index in [-0.39, 0.29) is 26.1 Å². The molecular formula is C50H86NO9P. The Bertz CT molecular complexity index is 1330. The zero-order chi connectivity index (χ0) is 45.1. The third-order valence-electron chi connectivity index (χ3n) is 9.49. The number of aliphatic hydroxyl groups excluding tert-OH is 1. The number of allylic oxidation sites excluding steroid dienone is 12. The molecule has 0 aliphatic carbocycles. The summed E-state index contributed by atoms with van der Waals surface area (Å²) >= 11 is 0. The summed E-state index contributed by atoms with van der Waals surface area (Å²) in [6.07, 6.45) is 49.3. The lowest BCUT2D eigenvalue weighted by atomic mass is 10.1. The molecule has 0 amide bonds. The molecule has 0 fully saturated rings. The normalized spacial score (nSPS) is 14.8. The minimum Gasteiger partial charge on any atom is -0.756 e. The summed E-state index contributed by atoms with van der Waals surface area (Å²) in [7, 11) is 1.04. The number of hydrogen-bond acceptors (Lipinski definition) is 9. The Morgan fingerprint density at radius 1 is 0.623 bits per heavy atom. The molecule has 0 aromatic carbocycles. The van der Waals surface area contributed by atoms with Crippen molar-refractivity contribution in [1.82, 2.24) is 0 Å². The number of likely N-dealkylation sites (N-methyl/N-ethyl adjacent to an activating group) is 1. The standard InChI is InChI=1S/C50H86NO9P/c1-6-8-10-12-14-16-18-20-21-22-23-25-27-29-31-33-37-41-49(53)57-45-48(46-59-61(55,56)58-44-43-51(3,4)5)60-50(54)42-38-34-36-40-47(52)39-35-32-30-28-26-24-19-17-15-13-11-9-7-2/h9,11,15,17,20-21,24,26,30,32,34-36,39,47-48,52H,6-8,10,12-14,16,18-19,22-23,25,27-29,31,33,37-38,40-46H2,1-5H3/b11-9-,17-15-,21-20-,26-24-,32-30-,36-34-,39-35-/t47?,48-/m1/s1. The molecule has 0 aliphatic rings. The Morgan fingerprint density at radius 2 is 1.18 bits per heavy atom. The number of rotatable bonds is 41. The van der Waals surface area contributed by atoms with Crippen LogP contribution in [0.15, 0.2) is 85.1 Å². The van der Waals surface area contributed by atoms with E-state index in [2.05, 4.69) is 62.5 Å². The van der Waals surface area contributed by atoms with Crippen LogP contribution in [0.1, 0.15) is 162 Å². The first-order valence-corrected chi connectivity index (χ1v) is 24.9. The van der Waals surface area contributed by atoms with E-state index in [1.54, 1.807) is 18.2 Å². The largest absolute Gasteiger partial charge is 0.756 e. The molecule has 350 valence electrons. The number of ether oxygens (including phenoxy) is 2. The van der Waals surface area contributed by atoms with Crippen molar-refractivity contribution >= 4 is 19.8 Å². The predicted octanol–water partition coefficient (Wildman–Crippen LogP) is 11.9.